The van der Waals surface area contributed by atoms with Gasteiger partial charge in [-0.25, -0.2) is 15.0 Å². The van der Waals surface area contributed by atoms with Crippen LogP contribution in [0.3, 0.4) is 0 Å². The van der Waals surface area contributed by atoms with Crippen LogP contribution in [0.4, 0.5) is 11.5 Å². The maximum Gasteiger partial charge on any atom is 0.181 e. The van der Waals surface area contributed by atoms with Crippen molar-refractivity contribution in [1.29, 1.82) is 0 Å². The Labute approximate surface area is 173 Å². The molecule has 6 heteroatoms. The topological polar surface area (TPSA) is 76.7 Å². The van der Waals surface area contributed by atoms with Gasteiger partial charge < -0.3 is 9.73 Å². The first-order chi connectivity index (χ1) is 14.8. The third-order valence-electron chi connectivity index (χ3n) is 4.68. The van der Waals surface area contributed by atoms with Gasteiger partial charge in [0.2, 0.25) is 0 Å². The molecule has 0 aliphatic heterocycles. The van der Waals surface area contributed by atoms with E-state index in [0.29, 0.717) is 0 Å². The molecule has 30 heavy (non-hydrogen) atoms. The molecule has 0 amide bonds. The zero-order chi connectivity index (χ0) is 20.2. The van der Waals surface area contributed by atoms with E-state index in [1.165, 1.54) is 6.39 Å². The monoisotopic (exact) mass is 391 g/mol. The number of aromatic nitrogens is 4. The third kappa shape index (κ3) is 3.79. The number of hydrogen-bond donors (Lipinski definition) is 1. The summed E-state index contributed by atoms with van der Waals surface area (Å²) < 4.78 is 5.40. The van der Waals surface area contributed by atoms with Crippen molar-refractivity contribution in [2.24, 2.45) is 0 Å². The second kappa shape index (κ2) is 7.97. The third-order valence-corrected chi connectivity index (χ3v) is 4.68. The standard InChI is InChI=1S/C24H17N5O/c1-2-19(23-14-26-16-30-23)13-20(3-1)29-24-21-12-18(6-7-22(21)27-15-28-24)5-4-17-8-10-25-11-9-17/h1-16H,(H,27,28,29). The Morgan fingerprint density at radius 2 is 1.73 bits per heavy atom. The maximum atomic E-state index is 5.40. The second-order valence-electron chi connectivity index (χ2n) is 6.68. The predicted molar refractivity (Wildman–Crippen MR) is 118 cm³/mol. The number of hydrogen-bond acceptors (Lipinski definition) is 6. The Hall–Kier alpha value is -4.32. The highest BCUT2D eigenvalue weighted by Crippen LogP contribution is 2.27. The molecular formula is C24H17N5O. The van der Waals surface area contributed by atoms with Crippen LogP contribution in [-0.2, 0) is 0 Å². The highest BCUT2D eigenvalue weighted by molar-refractivity contribution is 5.93. The van der Waals surface area contributed by atoms with Crippen molar-refractivity contribution in [2.75, 3.05) is 5.32 Å². The Morgan fingerprint density at radius 1 is 0.833 bits per heavy atom. The average Bonchev–Trinajstić information content (AvgIpc) is 3.34. The summed E-state index contributed by atoms with van der Waals surface area (Å²) in [6.07, 6.45) is 12.4. The first-order valence-electron chi connectivity index (χ1n) is 9.44. The maximum absolute atomic E-state index is 5.40. The lowest BCUT2D eigenvalue weighted by molar-refractivity contribution is 0.572. The first kappa shape index (κ1) is 17.8. The molecule has 3 heterocycles. The summed E-state index contributed by atoms with van der Waals surface area (Å²) in [7, 11) is 0. The van der Waals surface area contributed by atoms with Crippen molar-refractivity contribution in [3.63, 3.8) is 0 Å². The summed E-state index contributed by atoms with van der Waals surface area (Å²) in [6, 6.07) is 18.0. The molecule has 1 N–H and O–H groups in total. The van der Waals surface area contributed by atoms with Crippen molar-refractivity contribution in [1.82, 2.24) is 19.9 Å². The van der Waals surface area contributed by atoms with E-state index in [2.05, 4.69) is 43.5 Å². The van der Waals surface area contributed by atoms with Crippen LogP contribution in [0.15, 0.2) is 90.3 Å². The molecule has 0 radical (unpaired) electrons. The minimum Gasteiger partial charge on any atom is -0.444 e. The molecule has 0 aliphatic rings. The van der Waals surface area contributed by atoms with E-state index < -0.39 is 0 Å². The van der Waals surface area contributed by atoms with Crippen LogP contribution in [0.2, 0.25) is 0 Å². The molecule has 2 aromatic carbocycles. The zero-order valence-electron chi connectivity index (χ0n) is 15.9. The quantitative estimate of drug-likeness (QED) is 0.421. The van der Waals surface area contributed by atoms with Crippen LogP contribution in [0.25, 0.3) is 34.4 Å². The highest BCUT2D eigenvalue weighted by atomic mass is 16.3. The van der Waals surface area contributed by atoms with Gasteiger partial charge in [0.15, 0.2) is 12.2 Å². The van der Waals surface area contributed by atoms with Gasteiger partial charge in [-0.1, -0.05) is 30.4 Å². The molecule has 0 aliphatic carbocycles. The minimum absolute atomic E-state index is 0.717. The predicted octanol–water partition coefficient (Wildman–Crippen LogP) is 5.59. The van der Waals surface area contributed by atoms with Crippen LogP contribution in [0, 0.1) is 0 Å². The lowest BCUT2D eigenvalue weighted by atomic mass is 10.1. The Balaban J connectivity index is 1.47. The summed E-state index contributed by atoms with van der Waals surface area (Å²) in [4.78, 5) is 16.9. The van der Waals surface area contributed by atoms with E-state index in [9.17, 15) is 0 Å². The molecular weight excluding hydrogens is 374 g/mol. The summed E-state index contributed by atoms with van der Waals surface area (Å²) in [5.41, 5.74) is 4.88. The molecule has 6 nitrogen and oxygen atoms in total. The lowest BCUT2D eigenvalue weighted by Gasteiger charge is -2.10. The molecule has 144 valence electrons. The van der Waals surface area contributed by atoms with Gasteiger partial charge in [-0.3, -0.25) is 4.98 Å². The molecule has 0 unspecified atom stereocenters. The van der Waals surface area contributed by atoms with E-state index in [0.717, 1.165) is 44.9 Å². The van der Waals surface area contributed by atoms with Crippen LogP contribution < -0.4 is 5.32 Å². The van der Waals surface area contributed by atoms with Crippen LogP contribution >= 0.6 is 0 Å². The van der Waals surface area contributed by atoms with Crippen LogP contribution in [0.5, 0.6) is 0 Å². The SMILES string of the molecule is C(=Cc1ccc2ncnc(Nc3cccc(-c4cnco4)c3)c2c1)c1ccncc1. The Morgan fingerprint density at radius 3 is 2.60 bits per heavy atom. The number of fused-ring (bicyclic) bond motifs is 1. The van der Waals surface area contributed by atoms with Crippen molar-refractivity contribution in [2.45, 2.75) is 0 Å². The number of rotatable bonds is 5. The fourth-order valence-corrected chi connectivity index (χ4v) is 3.19. The van der Waals surface area contributed by atoms with Crippen LogP contribution in [-0.4, -0.2) is 19.9 Å². The summed E-state index contributed by atoms with van der Waals surface area (Å²) in [5.74, 6) is 1.46. The molecule has 5 rings (SSSR count). The number of nitrogens with one attached hydrogen (secondary N) is 1. The summed E-state index contributed by atoms with van der Waals surface area (Å²) >= 11 is 0. The van der Waals surface area contributed by atoms with Gasteiger partial charge in [0.05, 0.1) is 11.7 Å². The summed E-state index contributed by atoms with van der Waals surface area (Å²) in [5, 5.41) is 4.35. The fourth-order valence-electron chi connectivity index (χ4n) is 3.19. The number of oxazole rings is 1. The molecule has 0 saturated carbocycles. The van der Waals surface area contributed by atoms with E-state index in [4.69, 9.17) is 4.42 Å². The molecule has 0 atom stereocenters. The average molecular weight is 391 g/mol. The normalized spacial score (nSPS) is 11.2. The smallest absolute Gasteiger partial charge is 0.181 e. The highest BCUT2D eigenvalue weighted by Gasteiger charge is 2.07. The molecule has 0 saturated heterocycles. The first-order valence-corrected chi connectivity index (χ1v) is 9.44. The molecule has 3 aromatic heterocycles. The molecule has 0 bridgehead atoms. The number of anilines is 2. The van der Waals surface area contributed by atoms with Gasteiger partial charge >= 0.3 is 0 Å². The Bertz CT molecular complexity index is 1310. The number of benzene rings is 2. The van der Waals surface area contributed by atoms with Gasteiger partial charge in [0, 0.05) is 29.0 Å². The second-order valence-corrected chi connectivity index (χ2v) is 6.68. The van der Waals surface area contributed by atoms with Crippen molar-refractivity contribution in [3.8, 4) is 11.3 Å². The molecule has 0 spiro atoms. The van der Waals surface area contributed by atoms with Gasteiger partial charge in [-0.2, -0.15) is 0 Å². The van der Waals surface area contributed by atoms with E-state index in [-0.39, 0.29) is 0 Å². The molecule has 0 fully saturated rings. The van der Waals surface area contributed by atoms with Gasteiger partial charge in [0.1, 0.15) is 12.1 Å². The number of nitrogens with zero attached hydrogens (tertiary/aromatic N) is 4. The van der Waals surface area contributed by atoms with E-state index >= 15 is 0 Å². The van der Waals surface area contributed by atoms with E-state index in [1.54, 1.807) is 24.9 Å². The van der Waals surface area contributed by atoms with Gasteiger partial charge in [-0.15, -0.1) is 0 Å². The molecule has 5 aromatic rings. The fraction of sp³-hybridized carbons (Fsp3) is 0. The van der Waals surface area contributed by atoms with Crippen LogP contribution in [0.1, 0.15) is 11.1 Å². The van der Waals surface area contributed by atoms with Crippen molar-refractivity contribution >= 4 is 34.6 Å². The Kier molecular flexibility index (Phi) is 4.72. The van der Waals surface area contributed by atoms with Gasteiger partial charge in [-0.05, 0) is 47.5 Å². The van der Waals surface area contributed by atoms with Gasteiger partial charge in [0.25, 0.3) is 0 Å². The summed E-state index contributed by atoms with van der Waals surface area (Å²) in [6.45, 7) is 0. The van der Waals surface area contributed by atoms with Crippen molar-refractivity contribution < 1.29 is 4.42 Å². The van der Waals surface area contributed by atoms with E-state index in [1.807, 2.05) is 48.5 Å². The minimum atomic E-state index is 0.717. The lowest BCUT2D eigenvalue weighted by Crippen LogP contribution is -1.96. The van der Waals surface area contributed by atoms with Crippen molar-refractivity contribution in [3.05, 3.63) is 97.0 Å². The zero-order valence-corrected chi connectivity index (χ0v) is 15.9. The largest absolute Gasteiger partial charge is 0.444 e. The number of pyridine rings is 1.